The number of nitrogens with two attached hydrogens (primary N) is 1. The van der Waals surface area contributed by atoms with E-state index in [0.717, 1.165) is 16.7 Å². The molecule has 0 heterocycles. The van der Waals surface area contributed by atoms with Gasteiger partial charge in [0.2, 0.25) is 0 Å². The van der Waals surface area contributed by atoms with Crippen molar-refractivity contribution in [1.82, 2.24) is 5.43 Å². The second kappa shape index (κ2) is 7.43. The first-order valence-corrected chi connectivity index (χ1v) is 7.07. The van der Waals surface area contributed by atoms with Crippen molar-refractivity contribution in [1.29, 1.82) is 0 Å². The molecule has 0 bridgehead atoms. The molecule has 0 unspecified atom stereocenters. The van der Waals surface area contributed by atoms with E-state index >= 15 is 0 Å². The zero-order chi connectivity index (χ0) is 15.9. The summed E-state index contributed by atoms with van der Waals surface area (Å²) in [6.45, 7) is 1.81. The Morgan fingerprint density at radius 3 is 2.36 bits per heavy atom. The fourth-order valence-corrected chi connectivity index (χ4v) is 2.07. The van der Waals surface area contributed by atoms with Gasteiger partial charge in [-0.15, -0.1) is 0 Å². The summed E-state index contributed by atoms with van der Waals surface area (Å²) in [5.41, 5.74) is 10.8. The summed E-state index contributed by atoms with van der Waals surface area (Å²) in [6.07, 6.45) is 1.98. The van der Waals surface area contributed by atoms with Gasteiger partial charge >= 0.3 is 6.03 Å². The van der Waals surface area contributed by atoms with Crippen molar-refractivity contribution in [2.24, 2.45) is 10.8 Å². The molecule has 0 aliphatic heterocycles. The lowest BCUT2D eigenvalue weighted by molar-refractivity contribution is 0.249. The van der Waals surface area contributed by atoms with E-state index in [2.05, 4.69) is 10.5 Å². The van der Waals surface area contributed by atoms with Crippen LogP contribution in [0.1, 0.15) is 18.1 Å². The van der Waals surface area contributed by atoms with Crippen LogP contribution in [0.15, 0.2) is 59.7 Å². The van der Waals surface area contributed by atoms with E-state index in [4.69, 9.17) is 17.3 Å². The average Bonchev–Trinajstić information content (AvgIpc) is 2.53. The number of hydrazone groups is 1. The highest BCUT2D eigenvalue weighted by Crippen LogP contribution is 2.21. The van der Waals surface area contributed by atoms with E-state index in [1.165, 1.54) is 0 Å². The molecule has 0 radical (unpaired) electrons. The van der Waals surface area contributed by atoms with Crippen LogP contribution in [0.3, 0.4) is 0 Å². The average molecular weight is 314 g/mol. The van der Waals surface area contributed by atoms with Crippen molar-refractivity contribution in [3.05, 3.63) is 70.7 Å². The number of nitrogens with one attached hydrogen (secondary N) is 1. The molecule has 4 nitrogen and oxygen atoms in total. The quantitative estimate of drug-likeness (QED) is 0.501. The Morgan fingerprint density at radius 2 is 1.77 bits per heavy atom. The monoisotopic (exact) mass is 313 g/mol. The number of primary amides is 1. The first-order valence-electron chi connectivity index (χ1n) is 6.69. The Labute approximate surface area is 134 Å². The van der Waals surface area contributed by atoms with Crippen LogP contribution in [0.4, 0.5) is 4.79 Å². The van der Waals surface area contributed by atoms with Crippen LogP contribution in [-0.2, 0) is 0 Å². The van der Waals surface area contributed by atoms with Crippen LogP contribution < -0.4 is 11.2 Å². The second-order valence-electron chi connectivity index (χ2n) is 4.65. The molecule has 2 amide bonds. The molecule has 0 atom stereocenters. The molecule has 3 N–H and O–H groups in total. The predicted octanol–water partition coefficient (Wildman–Crippen LogP) is 3.92. The van der Waals surface area contributed by atoms with Gasteiger partial charge in [0.1, 0.15) is 0 Å². The van der Waals surface area contributed by atoms with Gasteiger partial charge in [0, 0.05) is 10.6 Å². The Hall–Kier alpha value is -2.59. The summed E-state index contributed by atoms with van der Waals surface area (Å²) in [4.78, 5) is 10.8. The molecule has 0 spiro atoms. The number of nitrogens with zero attached hydrogens (tertiary/aromatic N) is 1. The van der Waals surface area contributed by atoms with E-state index in [9.17, 15) is 4.79 Å². The zero-order valence-electron chi connectivity index (χ0n) is 12.1. The molecule has 0 saturated heterocycles. The maximum absolute atomic E-state index is 10.8. The van der Waals surface area contributed by atoms with Crippen molar-refractivity contribution in [2.75, 3.05) is 0 Å². The standard InChI is InChI=1S/C17H16ClN3O/c1-12(20-21-17(19)22)16(14-5-3-2-4-6-14)11-13-7-9-15(18)10-8-13/h2-11H,1H3,(H3,19,21,22)/b16-11+,20-12-. The molecule has 112 valence electrons. The highest BCUT2D eigenvalue weighted by atomic mass is 35.5. The molecule has 0 fully saturated rings. The number of hydrogen-bond acceptors (Lipinski definition) is 2. The lowest BCUT2D eigenvalue weighted by Gasteiger charge is -2.08. The van der Waals surface area contributed by atoms with Gasteiger partial charge < -0.3 is 5.73 Å². The Balaban J connectivity index is 2.43. The summed E-state index contributed by atoms with van der Waals surface area (Å²) in [5.74, 6) is 0. The molecule has 2 aromatic rings. The minimum Gasteiger partial charge on any atom is -0.350 e. The van der Waals surface area contributed by atoms with Gasteiger partial charge in [-0.1, -0.05) is 54.1 Å². The fourth-order valence-electron chi connectivity index (χ4n) is 1.94. The van der Waals surface area contributed by atoms with Gasteiger partial charge in [0.15, 0.2) is 0 Å². The van der Waals surface area contributed by atoms with E-state index in [-0.39, 0.29) is 0 Å². The molecule has 0 aromatic heterocycles. The van der Waals surface area contributed by atoms with Gasteiger partial charge in [-0.3, -0.25) is 0 Å². The molecule has 5 heteroatoms. The first kappa shape index (κ1) is 15.8. The number of carbonyl (C=O) groups is 1. The van der Waals surface area contributed by atoms with Crippen LogP contribution in [0.2, 0.25) is 5.02 Å². The molecule has 0 aliphatic rings. The maximum atomic E-state index is 10.8. The van der Waals surface area contributed by atoms with E-state index < -0.39 is 6.03 Å². The smallest absolute Gasteiger partial charge is 0.332 e. The minimum absolute atomic E-state index is 0.653. The molecule has 22 heavy (non-hydrogen) atoms. The maximum Gasteiger partial charge on any atom is 0.332 e. The second-order valence-corrected chi connectivity index (χ2v) is 5.09. The first-order chi connectivity index (χ1) is 10.6. The highest BCUT2D eigenvalue weighted by molar-refractivity contribution is 6.30. The van der Waals surface area contributed by atoms with E-state index in [1.54, 1.807) is 0 Å². The molecule has 0 aliphatic carbocycles. The number of rotatable bonds is 4. The topological polar surface area (TPSA) is 67.5 Å². The Morgan fingerprint density at radius 1 is 1.14 bits per heavy atom. The largest absolute Gasteiger partial charge is 0.350 e. The predicted molar refractivity (Wildman–Crippen MR) is 91.6 cm³/mol. The third-order valence-electron chi connectivity index (χ3n) is 2.99. The van der Waals surface area contributed by atoms with Crippen LogP contribution in [-0.4, -0.2) is 11.7 Å². The Bertz CT molecular complexity index is 706. The fraction of sp³-hybridized carbons (Fsp3) is 0.0588. The van der Waals surface area contributed by atoms with E-state index in [0.29, 0.717) is 10.7 Å². The number of allylic oxidation sites excluding steroid dienone is 1. The van der Waals surface area contributed by atoms with Crippen molar-refractivity contribution < 1.29 is 4.79 Å². The van der Waals surface area contributed by atoms with Crippen molar-refractivity contribution >= 4 is 35.0 Å². The summed E-state index contributed by atoms with van der Waals surface area (Å²) < 4.78 is 0. The number of halogens is 1. The van der Waals surface area contributed by atoms with Crippen molar-refractivity contribution in [3.63, 3.8) is 0 Å². The van der Waals surface area contributed by atoms with Gasteiger partial charge in [-0.05, 0) is 36.3 Å². The van der Waals surface area contributed by atoms with E-state index in [1.807, 2.05) is 67.6 Å². The molecular formula is C17H16ClN3O. The molecule has 0 saturated carbocycles. The highest BCUT2D eigenvalue weighted by Gasteiger charge is 2.06. The van der Waals surface area contributed by atoms with Crippen LogP contribution >= 0.6 is 11.6 Å². The third-order valence-corrected chi connectivity index (χ3v) is 3.24. The minimum atomic E-state index is -0.696. The van der Waals surface area contributed by atoms with Gasteiger partial charge in [-0.25, -0.2) is 10.2 Å². The van der Waals surface area contributed by atoms with Crippen LogP contribution in [0.25, 0.3) is 11.6 Å². The summed E-state index contributed by atoms with van der Waals surface area (Å²) in [5, 5.41) is 4.69. The Kier molecular flexibility index (Phi) is 5.33. The van der Waals surface area contributed by atoms with Crippen LogP contribution in [0.5, 0.6) is 0 Å². The third kappa shape index (κ3) is 4.46. The molecule has 2 rings (SSSR count). The van der Waals surface area contributed by atoms with Crippen molar-refractivity contribution in [2.45, 2.75) is 6.92 Å². The van der Waals surface area contributed by atoms with Gasteiger partial charge in [0.25, 0.3) is 0 Å². The number of carbonyl (C=O) groups excluding carboxylic acids is 1. The number of hydrogen-bond donors (Lipinski definition) is 2. The zero-order valence-corrected chi connectivity index (χ0v) is 12.8. The van der Waals surface area contributed by atoms with Gasteiger partial charge in [0.05, 0.1) is 5.71 Å². The van der Waals surface area contributed by atoms with Gasteiger partial charge in [-0.2, -0.15) is 5.10 Å². The SMILES string of the molecule is CC(=N/NC(N)=O)/C(=C\c1ccc(Cl)cc1)c1ccccc1. The van der Waals surface area contributed by atoms with Crippen molar-refractivity contribution in [3.8, 4) is 0 Å². The number of urea groups is 1. The normalized spacial score (nSPS) is 12.1. The lowest BCUT2D eigenvalue weighted by Crippen LogP contribution is -2.25. The summed E-state index contributed by atoms with van der Waals surface area (Å²) >= 11 is 5.91. The summed E-state index contributed by atoms with van der Waals surface area (Å²) in [7, 11) is 0. The lowest BCUT2D eigenvalue weighted by atomic mass is 9.99. The number of amides is 2. The molecule has 2 aromatic carbocycles. The molecular weight excluding hydrogens is 298 g/mol. The number of benzene rings is 2. The van der Waals surface area contributed by atoms with Crippen LogP contribution in [0, 0.1) is 0 Å². The summed E-state index contributed by atoms with van der Waals surface area (Å²) in [6, 6.07) is 16.6.